The third kappa shape index (κ3) is 3.33. The van der Waals surface area contributed by atoms with Gasteiger partial charge in [0.15, 0.2) is 0 Å². The fourth-order valence-electron chi connectivity index (χ4n) is 3.46. The zero-order valence-corrected chi connectivity index (χ0v) is 13.2. The van der Waals surface area contributed by atoms with E-state index in [0.29, 0.717) is 12.5 Å². The van der Waals surface area contributed by atoms with Crippen molar-refractivity contribution in [1.29, 1.82) is 0 Å². The van der Waals surface area contributed by atoms with E-state index in [1.165, 1.54) is 36.4 Å². The van der Waals surface area contributed by atoms with Crippen LogP contribution in [0, 0.1) is 0 Å². The number of H-pyrrole nitrogens is 1. The molecule has 1 unspecified atom stereocenters. The van der Waals surface area contributed by atoms with Crippen LogP contribution in [0.5, 0.6) is 0 Å². The minimum absolute atomic E-state index is 0.0935. The van der Waals surface area contributed by atoms with Crippen LogP contribution in [-0.4, -0.2) is 42.1 Å². The fraction of sp³-hybridized carbons (Fsp3) is 0.500. The van der Waals surface area contributed by atoms with Gasteiger partial charge in [0.2, 0.25) is 0 Å². The lowest BCUT2D eigenvalue weighted by Gasteiger charge is -2.35. The number of rotatable bonds is 5. The molecule has 2 heterocycles. The molecule has 0 radical (unpaired) electrons. The van der Waals surface area contributed by atoms with E-state index < -0.39 is 0 Å². The summed E-state index contributed by atoms with van der Waals surface area (Å²) in [5, 5.41) is 1.31. The number of benzene rings is 1. The van der Waals surface area contributed by atoms with Crippen molar-refractivity contribution < 1.29 is 9.53 Å². The van der Waals surface area contributed by atoms with Crippen molar-refractivity contribution in [2.45, 2.75) is 38.1 Å². The average molecular weight is 300 g/mol. The van der Waals surface area contributed by atoms with Gasteiger partial charge < -0.3 is 9.72 Å². The van der Waals surface area contributed by atoms with E-state index in [9.17, 15) is 4.79 Å². The maximum atomic E-state index is 11.6. The molecule has 1 saturated heterocycles. The normalized spacial score (nSPS) is 19.4. The van der Waals surface area contributed by atoms with Gasteiger partial charge in [0.05, 0.1) is 13.5 Å². The first-order chi connectivity index (χ1) is 10.8. The molecule has 2 aromatic rings. The van der Waals surface area contributed by atoms with Crippen LogP contribution in [0.1, 0.15) is 31.2 Å². The number of esters is 1. The monoisotopic (exact) mass is 300 g/mol. The van der Waals surface area contributed by atoms with Gasteiger partial charge in [-0.05, 0) is 37.4 Å². The number of carbonyl (C=O) groups is 1. The van der Waals surface area contributed by atoms with Crippen LogP contribution in [-0.2, 0) is 16.0 Å². The van der Waals surface area contributed by atoms with Gasteiger partial charge in [0, 0.05) is 29.7 Å². The molecular formula is C18H24N2O2. The molecule has 3 rings (SSSR count). The number of aromatic amines is 1. The Kier molecular flexibility index (Phi) is 4.78. The second-order valence-corrected chi connectivity index (χ2v) is 6.08. The molecule has 1 aromatic heterocycles. The molecule has 1 aliphatic rings. The molecule has 0 aliphatic carbocycles. The molecular weight excluding hydrogens is 276 g/mol. The molecule has 1 aromatic carbocycles. The van der Waals surface area contributed by atoms with Crippen LogP contribution in [0.25, 0.3) is 10.9 Å². The van der Waals surface area contributed by atoms with Gasteiger partial charge in [-0.1, -0.05) is 24.6 Å². The van der Waals surface area contributed by atoms with E-state index in [4.69, 9.17) is 4.74 Å². The van der Waals surface area contributed by atoms with Crippen molar-refractivity contribution >= 4 is 16.9 Å². The number of methoxy groups -OCH3 is 1. The van der Waals surface area contributed by atoms with Crippen molar-refractivity contribution in [1.82, 2.24) is 9.88 Å². The Morgan fingerprint density at radius 2 is 2.23 bits per heavy atom. The summed E-state index contributed by atoms with van der Waals surface area (Å²) in [6, 6.07) is 8.76. The van der Waals surface area contributed by atoms with Crippen LogP contribution in [0.4, 0.5) is 0 Å². The first-order valence-electron chi connectivity index (χ1n) is 8.14. The highest BCUT2D eigenvalue weighted by Crippen LogP contribution is 2.22. The number of piperidine rings is 1. The Morgan fingerprint density at radius 3 is 3.09 bits per heavy atom. The van der Waals surface area contributed by atoms with E-state index in [0.717, 1.165) is 25.9 Å². The molecule has 4 heteroatoms. The van der Waals surface area contributed by atoms with Crippen molar-refractivity contribution in [3.8, 4) is 0 Å². The SMILES string of the molecule is COC(=O)CC1CCCCN1CCc1c[nH]c2ccccc12. The Balaban J connectivity index is 1.64. The summed E-state index contributed by atoms with van der Waals surface area (Å²) >= 11 is 0. The van der Waals surface area contributed by atoms with Crippen LogP contribution in [0.2, 0.25) is 0 Å². The number of aromatic nitrogens is 1. The Morgan fingerprint density at radius 1 is 1.36 bits per heavy atom. The Bertz CT molecular complexity index is 635. The number of nitrogens with zero attached hydrogens (tertiary/aromatic N) is 1. The van der Waals surface area contributed by atoms with E-state index in [-0.39, 0.29) is 5.97 Å². The lowest BCUT2D eigenvalue weighted by molar-refractivity contribution is -0.142. The molecule has 4 nitrogen and oxygen atoms in total. The van der Waals surface area contributed by atoms with Crippen molar-refractivity contribution in [2.75, 3.05) is 20.2 Å². The van der Waals surface area contributed by atoms with Crippen LogP contribution >= 0.6 is 0 Å². The summed E-state index contributed by atoms with van der Waals surface area (Å²) in [6.07, 6.45) is 7.19. The van der Waals surface area contributed by atoms with Gasteiger partial charge in [-0.3, -0.25) is 9.69 Å². The van der Waals surface area contributed by atoms with E-state index in [1.54, 1.807) is 0 Å². The maximum Gasteiger partial charge on any atom is 0.307 e. The van der Waals surface area contributed by atoms with Crippen molar-refractivity contribution in [2.24, 2.45) is 0 Å². The van der Waals surface area contributed by atoms with Gasteiger partial charge in [0.25, 0.3) is 0 Å². The van der Waals surface area contributed by atoms with Gasteiger partial charge in [-0.25, -0.2) is 0 Å². The molecule has 0 bridgehead atoms. The van der Waals surface area contributed by atoms with Crippen LogP contribution in [0.3, 0.4) is 0 Å². The standard InChI is InChI=1S/C18H24N2O2/c1-22-18(21)12-15-6-4-5-10-20(15)11-9-14-13-19-17-8-3-2-7-16(14)17/h2-3,7-8,13,15,19H,4-6,9-12H2,1H3. The molecule has 0 saturated carbocycles. The number of hydrogen-bond donors (Lipinski definition) is 1. The number of ether oxygens (including phenoxy) is 1. The number of para-hydroxylation sites is 1. The number of hydrogen-bond acceptors (Lipinski definition) is 3. The number of carbonyl (C=O) groups excluding carboxylic acids is 1. The van der Waals surface area contributed by atoms with Gasteiger partial charge in [0.1, 0.15) is 0 Å². The van der Waals surface area contributed by atoms with Crippen LogP contribution in [0.15, 0.2) is 30.5 Å². The second kappa shape index (κ2) is 6.97. The molecule has 0 spiro atoms. The molecule has 22 heavy (non-hydrogen) atoms. The largest absolute Gasteiger partial charge is 0.469 e. The first kappa shape index (κ1) is 15.1. The second-order valence-electron chi connectivity index (χ2n) is 6.08. The summed E-state index contributed by atoms with van der Waals surface area (Å²) in [5.74, 6) is -0.0935. The van der Waals surface area contributed by atoms with E-state index in [2.05, 4.69) is 40.3 Å². The maximum absolute atomic E-state index is 11.6. The molecule has 118 valence electrons. The lowest BCUT2D eigenvalue weighted by atomic mass is 9.98. The fourth-order valence-corrected chi connectivity index (χ4v) is 3.46. The number of nitrogens with one attached hydrogen (secondary N) is 1. The summed E-state index contributed by atoms with van der Waals surface area (Å²) in [4.78, 5) is 17.4. The minimum Gasteiger partial charge on any atom is -0.469 e. The highest BCUT2D eigenvalue weighted by atomic mass is 16.5. The van der Waals surface area contributed by atoms with Gasteiger partial charge in [-0.2, -0.15) is 0 Å². The predicted molar refractivity (Wildman–Crippen MR) is 87.8 cm³/mol. The summed E-state index contributed by atoms with van der Waals surface area (Å²) < 4.78 is 4.84. The summed E-state index contributed by atoms with van der Waals surface area (Å²) in [6.45, 7) is 2.09. The Labute approximate surface area is 131 Å². The van der Waals surface area contributed by atoms with E-state index >= 15 is 0 Å². The lowest BCUT2D eigenvalue weighted by Crippen LogP contribution is -2.42. The molecule has 0 amide bonds. The first-order valence-corrected chi connectivity index (χ1v) is 8.14. The zero-order chi connectivity index (χ0) is 15.4. The Hall–Kier alpha value is -1.81. The molecule has 1 aliphatic heterocycles. The average Bonchev–Trinajstić information content (AvgIpc) is 2.97. The van der Waals surface area contributed by atoms with Crippen LogP contribution < -0.4 is 0 Å². The summed E-state index contributed by atoms with van der Waals surface area (Å²) in [7, 11) is 1.47. The minimum atomic E-state index is -0.0935. The van der Waals surface area contributed by atoms with Crippen molar-refractivity contribution in [3.63, 3.8) is 0 Å². The highest BCUT2D eigenvalue weighted by molar-refractivity contribution is 5.83. The van der Waals surface area contributed by atoms with Crippen molar-refractivity contribution in [3.05, 3.63) is 36.0 Å². The molecule has 1 atom stereocenters. The third-order valence-electron chi connectivity index (χ3n) is 4.72. The predicted octanol–water partition coefficient (Wildman–Crippen LogP) is 3.13. The van der Waals surface area contributed by atoms with Gasteiger partial charge >= 0.3 is 5.97 Å². The third-order valence-corrected chi connectivity index (χ3v) is 4.72. The highest BCUT2D eigenvalue weighted by Gasteiger charge is 2.24. The summed E-state index contributed by atoms with van der Waals surface area (Å²) in [5.41, 5.74) is 2.56. The zero-order valence-electron chi connectivity index (χ0n) is 13.2. The number of likely N-dealkylation sites (tertiary alicyclic amines) is 1. The molecule has 1 N–H and O–H groups in total. The quantitative estimate of drug-likeness (QED) is 0.863. The molecule has 1 fully saturated rings. The smallest absolute Gasteiger partial charge is 0.307 e. The van der Waals surface area contributed by atoms with Gasteiger partial charge in [-0.15, -0.1) is 0 Å². The topological polar surface area (TPSA) is 45.3 Å². The number of fused-ring (bicyclic) bond motifs is 1. The van der Waals surface area contributed by atoms with E-state index in [1.807, 2.05) is 0 Å².